The van der Waals surface area contributed by atoms with Crippen LogP contribution in [0.5, 0.6) is 17.2 Å². The van der Waals surface area contributed by atoms with E-state index in [1.807, 2.05) is 7.05 Å². The molecule has 1 heterocycles. The predicted octanol–water partition coefficient (Wildman–Crippen LogP) is 3.21. The number of amides is 1. The molecule has 0 saturated carbocycles. The van der Waals surface area contributed by atoms with Gasteiger partial charge < -0.3 is 24.3 Å². The van der Waals surface area contributed by atoms with Crippen molar-refractivity contribution in [2.75, 3.05) is 26.8 Å². The highest BCUT2D eigenvalue weighted by Crippen LogP contribution is 2.32. The first-order valence-corrected chi connectivity index (χ1v) is 10.8. The fraction of sp³-hybridized carbons (Fsp3) is 0.333. The number of phenolic OH excluding ortho intramolecular Hbond substituents is 1. The van der Waals surface area contributed by atoms with Crippen LogP contribution in [0.25, 0.3) is 22.3 Å². The predicted molar refractivity (Wildman–Crippen MR) is 123 cm³/mol. The number of likely N-dealkylation sites (N-methyl/N-ethyl adjacent to an activating group) is 1. The molecule has 4 N–H and O–H groups in total. The largest absolute Gasteiger partial charge is 0.504 e. The number of phenols is 1. The summed E-state index contributed by atoms with van der Waals surface area (Å²) in [6.07, 6.45) is 2.27. The van der Waals surface area contributed by atoms with E-state index < -0.39 is 5.91 Å². The van der Waals surface area contributed by atoms with Gasteiger partial charge in [-0.1, -0.05) is 0 Å². The Kier molecular flexibility index (Phi) is 8.68. The number of carbonyl (C=O) groups excluding carboxylic acids is 1. The van der Waals surface area contributed by atoms with Crippen LogP contribution in [0, 0.1) is 0 Å². The zero-order valence-corrected chi connectivity index (χ0v) is 18.4. The summed E-state index contributed by atoms with van der Waals surface area (Å²) in [4.78, 5) is 23.7. The van der Waals surface area contributed by atoms with E-state index in [1.54, 1.807) is 35.8 Å². The molecule has 2 aromatic carbocycles. The Morgan fingerprint density at radius 2 is 1.76 bits per heavy atom. The van der Waals surface area contributed by atoms with Crippen LogP contribution in [0.3, 0.4) is 0 Å². The van der Waals surface area contributed by atoms with Crippen LogP contribution < -0.4 is 25.7 Å². The molecule has 9 nitrogen and oxygen atoms in total. The van der Waals surface area contributed by atoms with Gasteiger partial charge in [0.1, 0.15) is 23.9 Å². The van der Waals surface area contributed by atoms with Gasteiger partial charge in [-0.3, -0.25) is 14.8 Å². The van der Waals surface area contributed by atoms with E-state index >= 15 is 0 Å². The number of unbranched alkanes of at least 4 members (excludes halogenated alkanes) is 2. The van der Waals surface area contributed by atoms with Gasteiger partial charge in [0.05, 0.1) is 12.0 Å². The summed E-state index contributed by atoms with van der Waals surface area (Å²) < 4.78 is 17.1. The van der Waals surface area contributed by atoms with E-state index in [0.29, 0.717) is 48.9 Å². The van der Waals surface area contributed by atoms with Gasteiger partial charge in [0.15, 0.2) is 16.8 Å². The Balaban J connectivity index is 1.67. The molecule has 0 fully saturated rings. The van der Waals surface area contributed by atoms with Crippen molar-refractivity contribution < 1.29 is 29.0 Å². The Morgan fingerprint density at radius 1 is 1.00 bits per heavy atom. The smallest absolute Gasteiger partial charge is 0.243 e. The maximum absolute atomic E-state index is 12.7. The molecular weight excluding hydrogens is 428 g/mol. The third-order valence-electron chi connectivity index (χ3n) is 4.98. The van der Waals surface area contributed by atoms with Crippen LogP contribution in [0.4, 0.5) is 0 Å². The van der Waals surface area contributed by atoms with Crippen LogP contribution in [0.1, 0.15) is 25.7 Å². The van der Waals surface area contributed by atoms with E-state index in [1.165, 1.54) is 12.1 Å². The van der Waals surface area contributed by atoms with Gasteiger partial charge in [-0.05, 0) is 56.6 Å². The summed E-state index contributed by atoms with van der Waals surface area (Å²) in [5.41, 5.74) is 2.07. The summed E-state index contributed by atoms with van der Waals surface area (Å²) in [5, 5.41) is 22.1. The van der Waals surface area contributed by atoms with Crippen LogP contribution in [-0.2, 0) is 4.79 Å². The minimum atomic E-state index is -0.421. The Morgan fingerprint density at radius 3 is 2.48 bits per heavy atom. The van der Waals surface area contributed by atoms with Crippen LogP contribution in [0.2, 0.25) is 0 Å². The molecule has 1 amide bonds. The minimum Gasteiger partial charge on any atom is -0.504 e. The number of nitrogens with one attached hydrogen (secondary N) is 2. The first kappa shape index (κ1) is 24.1. The lowest BCUT2D eigenvalue weighted by Gasteiger charge is -2.10. The van der Waals surface area contributed by atoms with E-state index in [0.717, 1.165) is 13.0 Å². The molecule has 0 aliphatic heterocycles. The fourth-order valence-corrected chi connectivity index (χ4v) is 3.24. The lowest BCUT2D eigenvalue weighted by Crippen LogP contribution is -2.17. The Labute approximate surface area is 190 Å². The fourth-order valence-electron chi connectivity index (χ4n) is 3.24. The van der Waals surface area contributed by atoms with Gasteiger partial charge in [-0.2, -0.15) is 0 Å². The quantitative estimate of drug-likeness (QED) is 0.186. The van der Waals surface area contributed by atoms with Gasteiger partial charge in [-0.15, -0.1) is 0 Å². The number of ether oxygens (including phenoxy) is 2. The number of hydroxylamine groups is 1. The van der Waals surface area contributed by atoms with Gasteiger partial charge in [-0.25, -0.2) is 5.48 Å². The van der Waals surface area contributed by atoms with Crippen molar-refractivity contribution in [1.29, 1.82) is 0 Å². The standard InChI is InChI=1S/C24H28N2O7/c1-25-10-12-32-17-8-6-16(7-9-17)22-15-20(27)19-13-18(14-21(28)24(19)33-22)31-11-4-2-3-5-23(29)26-30/h6-9,13-15,25,28,30H,2-5,10-12H2,1H3,(H,26,29). The van der Waals surface area contributed by atoms with Crippen molar-refractivity contribution in [1.82, 2.24) is 10.8 Å². The van der Waals surface area contributed by atoms with Gasteiger partial charge in [0, 0.05) is 30.7 Å². The van der Waals surface area contributed by atoms with E-state index in [4.69, 9.17) is 19.1 Å². The number of carbonyl (C=O) groups is 1. The number of hydrogen-bond donors (Lipinski definition) is 4. The maximum atomic E-state index is 12.7. The number of hydrogen-bond acceptors (Lipinski definition) is 8. The van der Waals surface area contributed by atoms with Crippen molar-refractivity contribution >= 4 is 16.9 Å². The molecule has 0 aliphatic rings. The van der Waals surface area contributed by atoms with Crippen LogP contribution >= 0.6 is 0 Å². The maximum Gasteiger partial charge on any atom is 0.243 e. The highest BCUT2D eigenvalue weighted by atomic mass is 16.5. The van der Waals surface area contributed by atoms with Gasteiger partial charge >= 0.3 is 0 Å². The molecule has 0 saturated heterocycles. The molecule has 176 valence electrons. The first-order valence-electron chi connectivity index (χ1n) is 10.8. The topological polar surface area (TPSA) is 130 Å². The average Bonchev–Trinajstić information content (AvgIpc) is 2.82. The molecule has 0 aliphatic carbocycles. The molecule has 3 aromatic rings. The molecule has 9 heteroatoms. The Hall–Kier alpha value is -3.56. The third-order valence-corrected chi connectivity index (χ3v) is 4.98. The third kappa shape index (κ3) is 6.71. The molecule has 0 radical (unpaired) electrons. The van der Waals surface area contributed by atoms with Crippen LogP contribution in [-0.4, -0.2) is 43.0 Å². The lowest BCUT2D eigenvalue weighted by atomic mass is 10.1. The summed E-state index contributed by atoms with van der Waals surface area (Å²) >= 11 is 0. The SMILES string of the molecule is CNCCOc1ccc(-c2cc(=O)c3cc(OCCCCCC(=O)NO)cc(O)c3o2)cc1. The minimum absolute atomic E-state index is 0.0919. The molecule has 0 bridgehead atoms. The van der Waals surface area contributed by atoms with Crippen molar-refractivity contribution in [3.05, 3.63) is 52.7 Å². The number of fused-ring (bicyclic) bond motifs is 1. The lowest BCUT2D eigenvalue weighted by molar-refractivity contribution is -0.129. The van der Waals surface area contributed by atoms with E-state index in [9.17, 15) is 14.7 Å². The summed E-state index contributed by atoms with van der Waals surface area (Å²) in [5.74, 6) is 0.795. The zero-order valence-electron chi connectivity index (χ0n) is 18.4. The average molecular weight is 456 g/mol. The van der Waals surface area contributed by atoms with Crippen molar-refractivity contribution in [3.8, 4) is 28.6 Å². The molecular formula is C24H28N2O7. The van der Waals surface area contributed by atoms with Crippen LogP contribution in [0.15, 0.2) is 51.7 Å². The van der Waals surface area contributed by atoms with Gasteiger partial charge in [0.25, 0.3) is 0 Å². The summed E-state index contributed by atoms with van der Waals surface area (Å²) in [6.45, 7) is 1.63. The molecule has 3 rings (SSSR count). The second-order valence-electron chi connectivity index (χ2n) is 7.46. The number of rotatable bonds is 12. The molecule has 0 unspecified atom stereocenters. The summed E-state index contributed by atoms with van der Waals surface area (Å²) in [6, 6.07) is 11.5. The molecule has 0 atom stereocenters. The van der Waals surface area contributed by atoms with Crippen molar-refractivity contribution in [2.45, 2.75) is 25.7 Å². The zero-order chi connectivity index (χ0) is 23.6. The van der Waals surface area contributed by atoms with Gasteiger partial charge in [0.2, 0.25) is 5.91 Å². The molecule has 33 heavy (non-hydrogen) atoms. The Bertz CT molecular complexity index is 1130. The van der Waals surface area contributed by atoms with E-state index in [-0.39, 0.29) is 28.6 Å². The summed E-state index contributed by atoms with van der Waals surface area (Å²) in [7, 11) is 1.85. The highest BCUT2D eigenvalue weighted by Gasteiger charge is 2.13. The second-order valence-corrected chi connectivity index (χ2v) is 7.46. The van der Waals surface area contributed by atoms with E-state index in [2.05, 4.69) is 5.32 Å². The second kappa shape index (κ2) is 11.9. The first-order chi connectivity index (χ1) is 16.0. The highest BCUT2D eigenvalue weighted by molar-refractivity contribution is 5.85. The van der Waals surface area contributed by atoms with Crippen molar-refractivity contribution in [2.24, 2.45) is 0 Å². The molecule has 0 spiro atoms. The normalized spacial score (nSPS) is 10.8. The van der Waals surface area contributed by atoms with Crippen molar-refractivity contribution in [3.63, 3.8) is 0 Å². The number of benzene rings is 2. The monoisotopic (exact) mass is 456 g/mol. The molecule has 1 aromatic heterocycles. The number of aromatic hydroxyl groups is 1.